The Hall–Kier alpha value is -4.72. The molecule has 0 unspecified atom stereocenters. The summed E-state index contributed by atoms with van der Waals surface area (Å²) < 4.78 is 7.37. The molecule has 6 rings (SSSR count). The van der Waals surface area contributed by atoms with E-state index in [1.165, 1.54) is 0 Å². The van der Waals surface area contributed by atoms with Gasteiger partial charge in [-0.25, -0.2) is 14.6 Å². The Balaban J connectivity index is 1.37. The number of amides is 1. The van der Waals surface area contributed by atoms with Crippen molar-refractivity contribution >= 4 is 22.8 Å². The summed E-state index contributed by atoms with van der Waals surface area (Å²) in [5.41, 5.74) is 4.38. The van der Waals surface area contributed by atoms with E-state index in [2.05, 4.69) is 17.0 Å². The second-order valence-corrected chi connectivity index (χ2v) is 9.99. The van der Waals surface area contributed by atoms with Gasteiger partial charge in [-0.1, -0.05) is 60.7 Å². The lowest BCUT2D eigenvalue weighted by Crippen LogP contribution is -2.35. The van der Waals surface area contributed by atoms with Crippen molar-refractivity contribution < 1.29 is 9.53 Å². The third kappa shape index (κ3) is 5.00. The van der Waals surface area contributed by atoms with Crippen molar-refractivity contribution in [2.24, 2.45) is 0 Å². The van der Waals surface area contributed by atoms with Crippen LogP contribution in [0.15, 0.2) is 84.9 Å². The van der Waals surface area contributed by atoms with Crippen LogP contribution >= 0.6 is 0 Å². The third-order valence-corrected chi connectivity index (χ3v) is 7.36. The predicted octanol–water partition coefficient (Wildman–Crippen LogP) is 5.08. The molecule has 0 bridgehead atoms. The standard InChI is InChI=1S/C32H32N6O2/c1-23-29-30(36-18-11-19-37(21-20-36)32(39)26-16-9-10-17-27(26)40-2)33-28(22-24-12-5-3-6-13-24)34-31(29)38(35-23)25-14-7-4-8-15-25/h3-10,12-17H,11,18-22H2,1-2H3. The molecule has 2 aromatic heterocycles. The minimum atomic E-state index is -0.00928. The summed E-state index contributed by atoms with van der Waals surface area (Å²) >= 11 is 0. The fraction of sp³-hybridized carbons (Fsp3) is 0.250. The highest BCUT2D eigenvalue weighted by atomic mass is 16.5. The summed E-state index contributed by atoms with van der Waals surface area (Å²) in [5, 5.41) is 5.85. The fourth-order valence-electron chi connectivity index (χ4n) is 5.37. The lowest BCUT2D eigenvalue weighted by atomic mass is 10.1. The van der Waals surface area contributed by atoms with Crippen molar-refractivity contribution in [2.75, 3.05) is 38.2 Å². The molecule has 1 saturated heterocycles. The molecule has 1 aliphatic rings. The van der Waals surface area contributed by atoms with Gasteiger partial charge in [-0.3, -0.25) is 4.79 Å². The molecule has 5 aromatic rings. The number of aromatic nitrogens is 4. The van der Waals surface area contributed by atoms with Crippen molar-refractivity contribution in [2.45, 2.75) is 19.8 Å². The van der Waals surface area contributed by atoms with Crippen molar-refractivity contribution in [1.29, 1.82) is 0 Å². The number of nitrogens with zero attached hydrogens (tertiary/aromatic N) is 6. The minimum absolute atomic E-state index is 0.00928. The number of rotatable bonds is 6. The number of benzene rings is 3. The summed E-state index contributed by atoms with van der Waals surface area (Å²) in [7, 11) is 1.60. The van der Waals surface area contributed by atoms with Gasteiger partial charge >= 0.3 is 0 Å². The number of fused-ring (bicyclic) bond motifs is 1. The summed E-state index contributed by atoms with van der Waals surface area (Å²) in [6.45, 7) is 4.71. The molecule has 1 aliphatic heterocycles. The molecule has 1 fully saturated rings. The van der Waals surface area contributed by atoms with Gasteiger partial charge in [0.15, 0.2) is 5.65 Å². The number of ether oxygens (including phenoxy) is 1. The molecule has 0 atom stereocenters. The summed E-state index contributed by atoms with van der Waals surface area (Å²) in [6.07, 6.45) is 1.45. The van der Waals surface area contributed by atoms with Gasteiger partial charge < -0.3 is 14.5 Å². The van der Waals surface area contributed by atoms with Crippen LogP contribution in [0, 0.1) is 6.92 Å². The monoisotopic (exact) mass is 532 g/mol. The van der Waals surface area contributed by atoms with E-state index in [4.69, 9.17) is 19.8 Å². The normalized spacial score (nSPS) is 13.8. The lowest BCUT2D eigenvalue weighted by Gasteiger charge is -2.24. The van der Waals surface area contributed by atoms with Gasteiger partial charge in [0, 0.05) is 32.6 Å². The number of para-hydroxylation sites is 2. The molecule has 1 amide bonds. The molecule has 0 radical (unpaired) electrons. The van der Waals surface area contributed by atoms with Crippen molar-refractivity contribution in [3.63, 3.8) is 0 Å². The first-order valence-electron chi connectivity index (χ1n) is 13.6. The van der Waals surface area contributed by atoms with Gasteiger partial charge in [-0.15, -0.1) is 0 Å². The van der Waals surface area contributed by atoms with E-state index < -0.39 is 0 Å². The molecule has 40 heavy (non-hydrogen) atoms. The average molecular weight is 533 g/mol. The van der Waals surface area contributed by atoms with E-state index >= 15 is 0 Å². The lowest BCUT2D eigenvalue weighted by molar-refractivity contribution is 0.0763. The zero-order valence-electron chi connectivity index (χ0n) is 22.8. The maximum Gasteiger partial charge on any atom is 0.257 e. The van der Waals surface area contributed by atoms with Crippen LogP contribution in [-0.4, -0.2) is 63.8 Å². The van der Waals surface area contributed by atoms with Gasteiger partial charge in [0.05, 0.1) is 29.4 Å². The number of anilines is 1. The summed E-state index contributed by atoms with van der Waals surface area (Å²) in [6, 6.07) is 27.8. The number of hydrogen-bond acceptors (Lipinski definition) is 6. The van der Waals surface area contributed by atoms with E-state index in [0.717, 1.165) is 52.6 Å². The number of carbonyl (C=O) groups is 1. The molecule has 0 saturated carbocycles. The quantitative estimate of drug-likeness (QED) is 0.304. The number of hydrogen-bond donors (Lipinski definition) is 0. The second kappa shape index (κ2) is 11.2. The molecule has 3 aromatic carbocycles. The zero-order valence-corrected chi connectivity index (χ0v) is 22.8. The Kier molecular flexibility index (Phi) is 7.14. The van der Waals surface area contributed by atoms with Crippen molar-refractivity contribution in [3.05, 3.63) is 108 Å². The van der Waals surface area contributed by atoms with E-state index in [-0.39, 0.29) is 5.91 Å². The highest BCUT2D eigenvalue weighted by Crippen LogP contribution is 2.30. The number of methoxy groups -OCH3 is 1. The van der Waals surface area contributed by atoms with Crippen LogP contribution < -0.4 is 9.64 Å². The average Bonchev–Trinajstić information content (AvgIpc) is 3.16. The van der Waals surface area contributed by atoms with E-state index in [1.807, 2.05) is 89.3 Å². The molecule has 202 valence electrons. The maximum absolute atomic E-state index is 13.4. The zero-order chi connectivity index (χ0) is 27.5. The van der Waals surface area contributed by atoms with Gasteiger partial charge in [-0.2, -0.15) is 5.10 Å². The SMILES string of the molecule is COc1ccccc1C(=O)N1CCCN(c2nc(Cc3ccccc3)nc3c2c(C)nn3-c2ccccc2)CC1. The molecule has 8 nitrogen and oxygen atoms in total. The second-order valence-electron chi connectivity index (χ2n) is 9.99. The molecule has 8 heteroatoms. The van der Waals surface area contributed by atoms with Crippen molar-refractivity contribution in [1.82, 2.24) is 24.6 Å². The molecular weight excluding hydrogens is 500 g/mol. The minimum Gasteiger partial charge on any atom is -0.496 e. The Morgan fingerprint density at radius 1 is 0.850 bits per heavy atom. The summed E-state index contributed by atoms with van der Waals surface area (Å²) in [5.74, 6) is 2.21. The van der Waals surface area contributed by atoms with Gasteiger partial charge in [0.2, 0.25) is 0 Å². The molecule has 0 N–H and O–H groups in total. The van der Waals surface area contributed by atoms with Crippen LogP contribution in [0.2, 0.25) is 0 Å². The molecule has 0 spiro atoms. The highest BCUT2D eigenvalue weighted by molar-refractivity contribution is 5.97. The van der Waals surface area contributed by atoms with Gasteiger partial charge in [-0.05, 0) is 43.2 Å². The molecular formula is C32H32N6O2. The van der Waals surface area contributed by atoms with Crippen LogP contribution in [0.5, 0.6) is 5.75 Å². The Bertz CT molecular complexity index is 1630. The topological polar surface area (TPSA) is 76.4 Å². The largest absolute Gasteiger partial charge is 0.496 e. The third-order valence-electron chi connectivity index (χ3n) is 7.36. The van der Waals surface area contributed by atoms with Crippen LogP contribution in [0.3, 0.4) is 0 Å². The van der Waals surface area contributed by atoms with Crippen LogP contribution in [0.25, 0.3) is 16.7 Å². The smallest absolute Gasteiger partial charge is 0.257 e. The number of carbonyl (C=O) groups excluding carboxylic acids is 1. The molecule has 0 aliphatic carbocycles. The van der Waals surface area contributed by atoms with E-state index in [1.54, 1.807) is 7.11 Å². The Labute approximate surface area is 233 Å². The Morgan fingerprint density at radius 2 is 1.57 bits per heavy atom. The Morgan fingerprint density at radius 3 is 2.35 bits per heavy atom. The first-order valence-corrected chi connectivity index (χ1v) is 13.6. The highest BCUT2D eigenvalue weighted by Gasteiger charge is 2.26. The van der Waals surface area contributed by atoms with Crippen LogP contribution in [0.1, 0.15) is 33.9 Å². The van der Waals surface area contributed by atoms with E-state index in [0.29, 0.717) is 37.4 Å². The summed E-state index contributed by atoms with van der Waals surface area (Å²) in [4.78, 5) is 27.8. The number of aryl methyl sites for hydroxylation is 1. The first kappa shape index (κ1) is 25.6. The van der Waals surface area contributed by atoms with Crippen LogP contribution in [0.4, 0.5) is 5.82 Å². The fourth-order valence-corrected chi connectivity index (χ4v) is 5.37. The van der Waals surface area contributed by atoms with Gasteiger partial charge in [0.1, 0.15) is 17.4 Å². The predicted molar refractivity (Wildman–Crippen MR) is 156 cm³/mol. The first-order chi connectivity index (χ1) is 19.6. The van der Waals surface area contributed by atoms with Crippen molar-refractivity contribution in [3.8, 4) is 11.4 Å². The van der Waals surface area contributed by atoms with Gasteiger partial charge in [0.25, 0.3) is 5.91 Å². The molecule has 3 heterocycles. The van der Waals surface area contributed by atoms with E-state index in [9.17, 15) is 4.79 Å². The van der Waals surface area contributed by atoms with Crippen LogP contribution in [-0.2, 0) is 6.42 Å². The maximum atomic E-state index is 13.4.